The number of urea groups is 1. The number of piperidine rings is 1. The van der Waals surface area contributed by atoms with Crippen LogP contribution < -0.4 is 10.1 Å². The van der Waals surface area contributed by atoms with E-state index in [9.17, 15) is 4.79 Å². The summed E-state index contributed by atoms with van der Waals surface area (Å²) in [5.74, 6) is 1.67. The van der Waals surface area contributed by atoms with E-state index in [2.05, 4.69) is 15.5 Å². The molecule has 1 unspecified atom stereocenters. The SMILES string of the molecule is COc1ccc(Cl)cc1NC(=O)N1CCCC(c2nnc(-c3cccs3)o2)C1. The highest BCUT2D eigenvalue weighted by molar-refractivity contribution is 7.13. The van der Waals surface area contributed by atoms with Crippen molar-refractivity contribution >= 4 is 34.7 Å². The number of rotatable bonds is 4. The summed E-state index contributed by atoms with van der Waals surface area (Å²) in [6.45, 7) is 1.18. The molecule has 1 saturated heterocycles. The maximum absolute atomic E-state index is 12.8. The molecule has 9 heteroatoms. The minimum atomic E-state index is -0.205. The molecule has 1 atom stereocenters. The zero-order valence-electron chi connectivity index (χ0n) is 15.2. The van der Waals surface area contributed by atoms with Gasteiger partial charge in [0.05, 0.1) is 23.6 Å². The van der Waals surface area contributed by atoms with E-state index in [1.54, 1.807) is 41.5 Å². The van der Waals surface area contributed by atoms with Crippen molar-refractivity contribution < 1.29 is 13.9 Å². The van der Waals surface area contributed by atoms with Gasteiger partial charge in [0.15, 0.2) is 0 Å². The summed E-state index contributed by atoms with van der Waals surface area (Å²) >= 11 is 7.60. The van der Waals surface area contributed by atoms with E-state index < -0.39 is 0 Å². The fourth-order valence-electron chi connectivity index (χ4n) is 3.23. The van der Waals surface area contributed by atoms with E-state index in [1.807, 2.05) is 17.5 Å². The van der Waals surface area contributed by atoms with E-state index in [0.29, 0.717) is 41.3 Å². The minimum Gasteiger partial charge on any atom is -0.495 e. The Bertz CT molecular complexity index is 960. The average Bonchev–Trinajstić information content (AvgIpc) is 3.40. The number of nitrogens with one attached hydrogen (secondary N) is 1. The first kappa shape index (κ1) is 18.8. The number of hydrogen-bond donors (Lipinski definition) is 1. The molecule has 0 spiro atoms. The molecule has 1 aliphatic rings. The number of benzene rings is 1. The van der Waals surface area contributed by atoms with Gasteiger partial charge in [-0.15, -0.1) is 21.5 Å². The number of hydrogen-bond acceptors (Lipinski definition) is 6. The predicted octanol–water partition coefficient (Wildman–Crippen LogP) is 4.87. The van der Waals surface area contributed by atoms with E-state index in [0.717, 1.165) is 17.7 Å². The molecule has 1 N–H and O–H groups in total. The van der Waals surface area contributed by atoms with Crippen molar-refractivity contribution in [3.8, 4) is 16.5 Å². The fraction of sp³-hybridized carbons (Fsp3) is 0.316. The van der Waals surface area contributed by atoms with Crippen LogP contribution in [0.3, 0.4) is 0 Å². The Morgan fingerprint density at radius 1 is 1.39 bits per heavy atom. The van der Waals surface area contributed by atoms with Gasteiger partial charge in [0.2, 0.25) is 5.89 Å². The van der Waals surface area contributed by atoms with E-state index in [4.69, 9.17) is 20.8 Å². The normalized spacial score (nSPS) is 16.8. The van der Waals surface area contributed by atoms with Gasteiger partial charge in [0, 0.05) is 18.1 Å². The summed E-state index contributed by atoms with van der Waals surface area (Å²) in [7, 11) is 1.55. The Morgan fingerprint density at radius 3 is 3.07 bits per heavy atom. The summed E-state index contributed by atoms with van der Waals surface area (Å²) in [4.78, 5) is 15.5. The highest BCUT2D eigenvalue weighted by Crippen LogP contribution is 2.31. The third-order valence-corrected chi connectivity index (χ3v) is 5.73. The van der Waals surface area contributed by atoms with Gasteiger partial charge in [-0.3, -0.25) is 0 Å². The number of aromatic nitrogens is 2. The lowest BCUT2D eigenvalue weighted by atomic mass is 9.98. The van der Waals surface area contributed by atoms with E-state index in [1.165, 1.54) is 0 Å². The zero-order chi connectivity index (χ0) is 19.5. The smallest absolute Gasteiger partial charge is 0.321 e. The molecule has 1 aromatic carbocycles. The first-order valence-corrected chi connectivity index (χ1v) is 10.2. The topological polar surface area (TPSA) is 80.5 Å². The maximum atomic E-state index is 12.8. The lowest BCUT2D eigenvalue weighted by molar-refractivity contribution is 0.187. The minimum absolute atomic E-state index is 0.0157. The number of methoxy groups -OCH3 is 1. The first-order chi connectivity index (χ1) is 13.6. The molecule has 146 valence electrons. The molecular formula is C19H19ClN4O3S. The first-order valence-electron chi connectivity index (χ1n) is 8.91. The quantitative estimate of drug-likeness (QED) is 0.653. The molecule has 2 aromatic heterocycles. The molecule has 1 aliphatic heterocycles. The molecule has 3 aromatic rings. The van der Waals surface area contributed by atoms with Crippen molar-refractivity contribution in [1.29, 1.82) is 0 Å². The number of likely N-dealkylation sites (tertiary alicyclic amines) is 1. The number of thiophene rings is 1. The Kier molecular flexibility index (Phi) is 5.50. The van der Waals surface area contributed by atoms with Crippen molar-refractivity contribution in [2.45, 2.75) is 18.8 Å². The van der Waals surface area contributed by atoms with Gasteiger partial charge in [-0.2, -0.15) is 0 Å². The lowest BCUT2D eigenvalue weighted by Crippen LogP contribution is -2.41. The molecule has 0 bridgehead atoms. The molecular weight excluding hydrogens is 400 g/mol. The Hall–Kier alpha value is -2.58. The average molecular weight is 419 g/mol. The highest BCUT2D eigenvalue weighted by atomic mass is 35.5. The number of carbonyl (C=O) groups excluding carboxylic acids is 1. The second-order valence-corrected chi connectivity index (χ2v) is 7.87. The molecule has 0 aliphatic carbocycles. The molecule has 0 radical (unpaired) electrons. The number of carbonyl (C=O) groups is 1. The second-order valence-electron chi connectivity index (χ2n) is 6.48. The standard InChI is InChI=1S/C19H19ClN4O3S/c1-26-15-7-6-13(20)10-14(15)21-19(25)24-8-2-4-12(11-24)17-22-23-18(27-17)16-5-3-9-28-16/h3,5-7,9-10,12H,2,4,8,11H2,1H3,(H,21,25). The number of ether oxygens (including phenoxy) is 1. The van der Waals surface area contributed by atoms with Crippen molar-refractivity contribution in [2.24, 2.45) is 0 Å². The third-order valence-electron chi connectivity index (χ3n) is 4.63. The van der Waals surface area contributed by atoms with Crippen molar-refractivity contribution in [1.82, 2.24) is 15.1 Å². The van der Waals surface area contributed by atoms with Crippen molar-refractivity contribution in [3.05, 3.63) is 46.6 Å². The van der Waals surface area contributed by atoms with Crippen LogP contribution in [0.25, 0.3) is 10.8 Å². The Morgan fingerprint density at radius 2 is 2.29 bits per heavy atom. The fourth-order valence-corrected chi connectivity index (χ4v) is 4.05. The van der Waals surface area contributed by atoms with Crippen LogP contribution in [0, 0.1) is 0 Å². The maximum Gasteiger partial charge on any atom is 0.321 e. The summed E-state index contributed by atoms with van der Waals surface area (Å²) in [6.07, 6.45) is 1.76. The largest absolute Gasteiger partial charge is 0.495 e. The molecule has 7 nitrogen and oxygen atoms in total. The number of nitrogens with zero attached hydrogens (tertiary/aromatic N) is 3. The highest BCUT2D eigenvalue weighted by Gasteiger charge is 2.29. The van der Waals surface area contributed by atoms with Gasteiger partial charge in [0.25, 0.3) is 5.89 Å². The van der Waals surface area contributed by atoms with Gasteiger partial charge in [0.1, 0.15) is 5.75 Å². The molecule has 28 heavy (non-hydrogen) atoms. The Balaban J connectivity index is 1.45. The molecule has 0 saturated carbocycles. The van der Waals surface area contributed by atoms with Gasteiger partial charge in [-0.25, -0.2) is 4.79 Å². The molecule has 3 heterocycles. The Labute approximate surface area is 171 Å². The van der Waals surface area contributed by atoms with Crippen LogP contribution >= 0.6 is 22.9 Å². The van der Waals surface area contributed by atoms with Crippen molar-refractivity contribution in [3.63, 3.8) is 0 Å². The van der Waals surface area contributed by atoms with Gasteiger partial charge in [-0.1, -0.05) is 17.7 Å². The molecule has 2 amide bonds. The van der Waals surface area contributed by atoms with Crippen LogP contribution in [0.5, 0.6) is 5.75 Å². The zero-order valence-corrected chi connectivity index (χ0v) is 16.8. The lowest BCUT2D eigenvalue weighted by Gasteiger charge is -2.31. The molecule has 1 fully saturated rings. The van der Waals surface area contributed by atoms with Crippen LogP contribution in [-0.2, 0) is 0 Å². The summed E-state index contributed by atoms with van der Waals surface area (Å²) in [5.41, 5.74) is 0.542. The van der Waals surface area contributed by atoms with E-state index >= 15 is 0 Å². The third kappa shape index (κ3) is 3.98. The number of amides is 2. The van der Waals surface area contributed by atoms with Gasteiger partial charge < -0.3 is 19.4 Å². The van der Waals surface area contributed by atoms with E-state index in [-0.39, 0.29) is 11.9 Å². The van der Waals surface area contributed by atoms with Crippen LogP contribution in [0.2, 0.25) is 5.02 Å². The predicted molar refractivity (Wildman–Crippen MR) is 108 cm³/mol. The second kappa shape index (κ2) is 8.20. The number of halogens is 1. The van der Waals surface area contributed by atoms with Crippen LogP contribution in [-0.4, -0.2) is 41.3 Å². The van der Waals surface area contributed by atoms with Crippen molar-refractivity contribution in [2.75, 3.05) is 25.5 Å². The number of anilines is 1. The summed E-state index contributed by atoms with van der Waals surface area (Å²) in [6, 6.07) is 8.80. The summed E-state index contributed by atoms with van der Waals surface area (Å²) < 4.78 is 11.2. The summed E-state index contributed by atoms with van der Waals surface area (Å²) in [5, 5.41) is 13.7. The van der Waals surface area contributed by atoms with Crippen LogP contribution in [0.1, 0.15) is 24.7 Å². The van der Waals surface area contributed by atoms with Crippen LogP contribution in [0.4, 0.5) is 10.5 Å². The van der Waals surface area contributed by atoms with Crippen LogP contribution in [0.15, 0.2) is 40.1 Å². The molecule has 4 rings (SSSR count). The van der Waals surface area contributed by atoms with Gasteiger partial charge >= 0.3 is 6.03 Å². The van der Waals surface area contributed by atoms with Gasteiger partial charge in [-0.05, 0) is 42.5 Å². The monoisotopic (exact) mass is 418 g/mol.